The van der Waals surface area contributed by atoms with Crippen LogP contribution in [0.4, 0.5) is 0 Å². The number of fused-ring (bicyclic) bond motifs is 24. The fraction of sp³-hybridized carbons (Fsp3) is 0. The molecule has 0 saturated carbocycles. The lowest BCUT2D eigenvalue weighted by molar-refractivity contribution is 1.01. The summed E-state index contributed by atoms with van der Waals surface area (Å²) in [6, 6.07) is 91.2. The van der Waals surface area contributed by atoms with Crippen LogP contribution in [0.5, 0.6) is 0 Å². The van der Waals surface area contributed by atoms with Crippen LogP contribution in [0.25, 0.3) is 210 Å². The zero-order valence-corrected chi connectivity index (χ0v) is 52.1. The van der Waals surface area contributed by atoms with Crippen LogP contribution in [-0.4, -0.2) is 59.0 Å². The number of pyridine rings is 2. The van der Waals surface area contributed by atoms with E-state index in [0.29, 0.717) is 28.9 Å². The standard InChI is InChI=1S/C86H48N12/c1-2-17-49(18-3-1)83-88-45-68-59-26-6-7-27-60(59)70-48-91-86(96-82(70)80(68)93-83)98-75-39-35-51(44-67(75)78-76(98)33-16-40-87-78)50-34-36-61-66(43-50)71-47-90-84(53-20-14-19-52(41-53)72-38-37-65-58-25-5-4-23-56(58)57-24-8-9-30-64(57)77(65)92-72)95-81(71)79-69(61)46-89-85(94-79)54-21-15-22-55(42-54)97-73-31-12-10-28-62(73)63-29-11-13-32-74(63)97/h1-48H. The average molecular weight is 1250 g/mol. The SMILES string of the molecule is c1ccc(-c2ncc3c4ccccc4c4cnc(-n5c6ccc(-c7ccc8c(c7)c7cnc(-c9cccc(-c%10ccc%11c%12ccccc%12c%12ccccc%12c%11n%10)c9)nc7c7nc(-c9cccc(-n%10c%11ccccc%11c%11ccccc%11%10)c9)ncc87)cc6c6ncccc65)nc4c3n2)cc1. The van der Waals surface area contributed by atoms with Crippen molar-refractivity contribution >= 4 is 141 Å². The number of aromatic nitrogens is 12. The first-order chi connectivity index (χ1) is 48.6. The van der Waals surface area contributed by atoms with Gasteiger partial charge in [0.05, 0.1) is 38.8 Å². The lowest BCUT2D eigenvalue weighted by Crippen LogP contribution is -2.02. The fourth-order valence-electron chi connectivity index (χ4n) is 15.2. The van der Waals surface area contributed by atoms with E-state index in [4.69, 9.17) is 49.8 Å². The number of rotatable bonds is 7. The molecule has 8 aromatic heterocycles. The predicted molar refractivity (Wildman–Crippen MR) is 398 cm³/mol. The van der Waals surface area contributed by atoms with E-state index in [9.17, 15) is 0 Å². The molecule has 0 radical (unpaired) electrons. The highest BCUT2D eigenvalue weighted by Gasteiger charge is 2.23. The minimum atomic E-state index is 0.513. The highest BCUT2D eigenvalue weighted by molar-refractivity contribution is 6.26. The van der Waals surface area contributed by atoms with E-state index in [1.807, 2.05) is 79.5 Å². The quantitative estimate of drug-likeness (QED) is 0.142. The van der Waals surface area contributed by atoms with E-state index < -0.39 is 0 Å². The summed E-state index contributed by atoms with van der Waals surface area (Å²) < 4.78 is 4.44. The van der Waals surface area contributed by atoms with Crippen molar-refractivity contribution in [3.8, 4) is 68.2 Å². The van der Waals surface area contributed by atoms with Gasteiger partial charge in [0.2, 0.25) is 5.95 Å². The number of nitrogens with zero attached hydrogens (tertiary/aromatic N) is 12. The third kappa shape index (κ3) is 8.12. The number of benzene rings is 13. The molecule has 98 heavy (non-hydrogen) atoms. The minimum Gasteiger partial charge on any atom is -0.309 e. The van der Waals surface area contributed by atoms with Gasteiger partial charge in [-0.05, 0) is 122 Å². The molecule has 452 valence electrons. The molecule has 0 fully saturated rings. The molecule has 8 heterocycles. The van der Waals surface area contributed by atoms with E-state index >= 15 is 0 Å². The Balaban J connectivity index is 0.724. The summed E-state index contributed by atoms with van der Waals surface area (Å²) >= 11 is 0. The molecule has 0 bridgehead atoms. The van der Waals surface area contributed by atoms with Crippen molar-refractivity contribution in [3.63, 3.8) is 0 Å². The first kappa shape index (κ1) is 53.9. The Bertz CT molecular complexity index is 6930. The van der Waals surface area contributed by atoms with Crippen LogP contribution < -0.4 is 0 Å². The van der Waals surface area contributed by atoms with Crippen molar-refractivity contribution in [2.45, 2.75) is 0 Å². The Morgan fingerprint density at radius 1 is 0.204 bits per heavy atom. The van der Waals surface area contributed by atoms with Gasteiger partial charge in [0.1, 0.15) is 22.1 Å². The molecule has 0 unspecified atom stereocenters. The van der Waals surface area contributed by atoms with Gasteiger partial charge in [0.15, 0.2) is 17.5 Å². The van der Waals surface area contributed by atoms with E-state index in [0.717, 1.165) is 154 Å². The van der Waals surface area contributed by atoms with Gasteiger partial charge in [-0.15, -0.1) is 0 Å². The molecule has 0 saturated heterocycles. The molecule has 0 spiro atoms. The van der Waals surface area contributed by atoms with Crippen LogP contribution in [0.3, 0.4) is 0 Å². The third-order valence-electron chi connectivity index (χ3n) is 19.7. The minimum absolute atomic E-state index is 0.513. The van der Waals surface area contributed by atoms with Gasteiger partial charge < -0.3 is 4.57 Å². The van der Waals surface area contributed by atoms with E-state index in [-0.39, 0.29) is 0 Å². The predicted octanol–water partition coefficient (Wildman–Crippen LogP) is 20.5. The summed E-state index contributed by atoms with van der Waals surface area (Å²) in [5, 5.41) is 16.8. The van der Waals surface area contributed by atoms with Crippen molar-refractivity contribution < 1.29 is 0 Å². The molecule has 12 nitrogen and oxygen atoms in total. The number of para-hydroxylation sites is 2. The molecule has 0 N–H and O–H groups in total. The van der Waals surface area contributed by atoms with Crippen molar-refractivity contribution in [1.29, 1.82) is 0 Å². The molecular weight excluding hydrogens is 1200 g/mol. The molecule has 0 amide bonds. The van der Waals surface area contributed by atoms with Gasteiger partial charge in [-0.25, -0.2) is 44.9 Å². The van der Waals surface area contributed by atoms with E-state index in [1.165, 1.54) is 26.9 Å². The molecule has 21 rings (SSSR count). The zero-order valence-electron chi connectivity index (χ0n) is 52.1. The highest BCUT2D eigenvalue weighted by Crippen LogP contribution is 2.43. The van der Waals surface area contributed by atoms with Crippen molar-refractivity contribution in [3.05, 3.63) is 292 Å². The normalized spacial score (nSPS) is 12.1. The van der Waals surface area contributed by atoms with Crippen LogP contribution in [0.1, 0.15) is 0 Å². The van der Waals surface area contributed by atoms with Gasteiger partial charge in [-0.1, -0.05) is 188 Å². The number of hydrogen-bond acceptors (Lipinski definition) is 10. The Hall–Kier alpha value is -13.6. The maximum absolute atomic E-state index is 5.57. The largest absolute Gasteiger partial charge is 0.309 e. The smallest absolute Gasteiger partial charge is 0.235 e. The first-order valence-electron chi connectivity index (χ1n) is 32.7. The molecule has 13 aromatic carbocycles. The zero-order chi connectivity index (χ0) is 64.1. The van der Waals surface area contributed by atoms with Crippen LogP contribution in [-0.2, 0) is 0 Å². The highest BCUT2D eigenvalue weighted by atomic mass is 15.2. The Kier molecular flexibility index (Phi) is 11.5. The van der Waals surface area contributed by atoms with Crippen LogP contribution in [0.2, 0.25) is 0 Å². The van der Waals surface area contributed by atoms with Gasteiger partial charge in [-0.3, -0.25) is 9.55 Å². The summed E-state index contributed by atoms with van der Waals surface area (Å²) in [7, 11) is 0. The maximum atomic E-state index is 5.57. The van der Waals surface area contributed by atoms with Crippen molar-refractivity contribution in [2.75, 3.05) is 0 Å². The Morgan fingerprint density at radius 3 is 1.32 bits per heavy atom. The van der Waals surface area contributed by atoms with Crippen molar-refractivity contribution in [2.24, 2.45) is 0 Å². The molecular formula is C86H48N12. The van der Waals surface area contributed by atoms with Gasteiger partial charge >= 0.3 is 0 Å². The Labute approximate surface area is 557 Å². The topological polar surface area (TPSA) is 139 Å². The summed E-state index contributed by atoms with van der Waals surface area (Å²) in [5.74, 6) is 2.30. The maximum Gasteiger partial charge on any atom is 0.235 e. The molecule has 12 heteroatoms. The molecule has 0 aliphatic carbocycles. The second-order valence-electron chi connectivity index (χ2n) is 25.1. The van der Waals surface area contributed by atoms with Crippen LogP contribution >= 0.6 is 0 Å². The lowest BCUT2D eigenvalue weighted by Gasteiger charge is -2.14. The van der Waals surface area contributed by atoms with E-state index in [1.54, 1.807) is 0 Å². The van der Waals surface area contributed by atoms with Gasteiger partial charge in [0, 0.05) is 107 Å². The number of hydrogen-bond donors (Lipinski definition) is 0. The summed E-state index contributed by atoms with van der Waals surface area (Å²) in [4.78, 5) is 52.7. The van der Waals surface area contributed by atoms with E-state index in [2.05, 4.69) is 221 Å². The molecule has 0 aliphatic heterocycles. The van der Waals surface area contributed by atoms with Crippen molar-refractivity contribution in [1.82, 2.24) is 59.0 Å². The van der Waals surface area contributed by atoms with Gasteiger partial charge in [-0.2, -0.15) is 0 Å². The second-order valence-corrected chi connectivity index (χ2v) is 25.1. The second kappa shape index (κ2) is 21.0. The molecule has 0 aliphatic rings. The van der Waals surface area contributed by atoms with Crippen LogP contribution in [0.15, 0.2) is 292 Å². The average Bonchev–Trinajstić information content (AvgIpc) is 1.00. The fourth-order valence-corrected chi connectivity index (χ4v) is 15.2. The first-order valence-corrected chi connectivity index (χ1v) is 32.7. The lowest BCUT2D eigenvalue weighted by atomic mass is 9.96. The third-order valence-corrected chi connectivity index (χ3v) is 19.7. The van der Waals surface area contributed by atoms with Gasteiger partial charge in [0.25, 0.3) is 0 Å². The monoisotopic (exact) mass is 1250 g/mol. The molecule has 0 atom stereocenters. The summed E-state index contributed by atoms with van der Waals surface area (Å²) in [6.45, 7) is 0. The summed E-state index contributed by atoms with van der Waals surface area (Å²) in [6.07, 6.45) is 9.64. The summed E-state index contributed by atoms with van der Waals surface area (Å²) in [5.41, 5.74) is 16.3. The molecule has 21 aromatic rings. The van der Waals surface area contributed by atoms with Crippen LogP contribution in [0, 0.1) is 0 Å². The Morgan fingerprint density at radius 2 is 0.653 bits per heavy atom.